The van der Waals surface area contributed by atoms with Crippen LogP contribution in [0.3, 0.4) is 0 Å². The third-order valence-electron chi connectivity index (χ3n) is 3.15. The molecule has 5 nitrogen and oxygen atoms in total. The normalized spacial score (nSPS) is 12.0. The summed E-state index contributed by atoms with van der Waals surface area (Å²) in [6, 6.07) is 12.7. The molecule has 1 amide bonds. The van der Waals surface area contributed by atoms with Gasteiger partial charge in [0, 0.05) is 12.2 Å². The molecule has 22 heavy (non-hydrogen) atoms. The Morgan fingerprint density at radius 3 is 2.45 bits per heavy atom. The van der Waals surface area contributed by atoms with E-state index in [0.29, 0.717) is 5.56 Å². The van der Waals surface area contributed by atoms with Crippen LogP contribution in [0.25, 0.3) is 0 Å². The highest BCUT2D eigenvalue weighted by Crippen LogP contribution is 2.13. The number of hydrogen-bond donors (Lipinski definition) is 3. The van der Waals surface area contributed by atoms with Crippen LogP contribution >= 0.6 is 0 Å². The standard InChI is InChI=1S/C17H21N3O2/c1-12(2)19-16-9-8-14(10-18-16)17(22)20-15(11-21)13-6-4-3-5-7-13/h3-10,12,15,21H,11H2,1-2H3,(H,18,19)(H,20,22)/t15-/m0/s1. The predicted molar refractivity (Wildman–Crippen MR) is 86.7 cm³/mol. The Morgan fingerprint density at radius 2 is 1.91 bits per heavy atom. The molecule has 0 saturated carbocycles. The van der Waals surface area contributed by atoms with Crippen molar-refractivity contribution in [3.63, 3.8) is 0 Å². The number of amides is 1. The fourth-order valence-corrected chi connectivity index (χ4v) is 2.07. The molecular weight excluding hydrogens is 278 g/mol. The van der Waals surface area contributed by atoms with Crippen LogP contribution in [0, 0.1) is 0 Å². The fraction of sp³-hybridized carbons (Fsp3) is 0.294. The Morgan fingerprint density at radius 1 is 1.18 bits per heavy atom. The summed E-state index contributed by atoms with van der Waals surface area (Å²) in [6.07, 6.45) is 1.53. The van der Waals surface area contributed by atoms with Gasteiger partial charge in [-0.25, -0.2) is 4.98 Å². The van der Waals surface area contributed by atoms with Gasteiger partial charge in [0.2, 0.25) is 0 Å². The van der Waals surface area contributed by atoms with Crippen LogP contribution < -0.4 is 10.6 Å². The molecule has 116 valence electrons. The number of nitrogens with one attached hydrogen (secondary N) is 2. The number of pyridine rings is 1. The van der Waals surface area contributed by atoms with Crippen molar-refractivity contribution in [3.05, 3.63) is 59.8 Å². The number of anilines is 1. The van der Waals surface area contributed by atoms with Crippen molar-refractivity contribution >= 4 is 11.7 Å². The van der Waals surface area contributed by atoms with Crippen LogP contribution in [0.1, 0.15) is 35.8 Å². The molecule has 0 aliphatic rings. The van der Waals surface area contributed by atoms with Gasteiger partial charge in [0.15, 0.2) is 0 Å². The monoisotopic (exact) mass is 299 g/mol. The second-order valence-corrected chi connectivity index (χ2v) is 5.35. The zero-order valence-corrected chi connectivity index (χ0v) is 12.8. The summed E-state index contributed by atoms with van der Waals surface area (Å²) in [6.45, 7) is 3.89. The van der Waals surface area contributed by atoms with Crippen molar-refractivity contribution in [1.29, 1.82) is 0 Å². The summed E-state index contributed by atoms with van der Waals surface area (Å²) < 4.78 is 0. The van der Waals surface area contributed by atoms with Crippen molar-refractivity contribution in [2.75, 3.05) is 11.9 Å². The highest BCUT2D eigenvalue weighted by atomic mass is 16.3. The van der Waals surface area contributed by atoms with E-state index < -0.39 is 6.04 Å². The molecule has 1 heterocycles. The van der Waals surface area contributed by atoms with E-state index in [-0.39, 0.29) is 18.6 Å². The van der Waals surface area contributed by atoms with Crippen molar-refractivity contribution < 1.29 is 9.90 Å². The number of nitrogens with zero attached hydrogens (tertiary/aromatic N) is 1. The molecule has 0 radical (unpaired) electrons. The van der Waals surface area contributed by atoms with Gasteiger partial charge in [0.05, 0.1) is 18.2 Å². The Balaban J connectivity index is 2.04. The minimum Gasteiger partial charge on any atom is -0.394 e. The summed E-state index contributed by atoms with van der Waals surface area (Å²) in [5, 5.41) is 15.5. The van der Waals surface area contributed by atoms with E-state index in [2.05, 4.69) is 15.6 Å². The SMILES string of the molecule is CC(C)Nc1ccc(C(=O)N[C@@H](CO)c2ccccc2)cn1. The van der Waals surface area contributed by atoms with E-state index >= 15 is 0 Å². The first-order valence-corrected chi connectivity index (χ1v) is 7.29. The van der Waals surface area contributed by atoms with Gasteiger partial charge in [-0.2, -0.15) is 0 Å². The predicted octanol–water partition coefficient (Wildman–Crippen LogP) is 2.37. The lowest BCUT2D eigenvalue weighted by atomic mass is 10.1. The van der Waals surface area contributed by atoms with E-state index in [0.717, 1.165) is 11.4 Å². The summed E-state index contributed by atoms with van der Waals surface area (Å²) in [4.78, 5) is 16.4. The van der Waals surface area contributed by atoms with Crippen LogP contribution in [0.2, 0.25) is 0 Å². The molecule has 1 aromatic heterocycles. The number of rotatable bonds is 6. The van der Waals surface area contributed by atoms with Crippen molar-refractivity contribution in [1.82, 2.24) is 10.3 Å². The molecule has 5 heteroatoms. The quantitative estimate of drug-likeness (QED) is 0.765. The van der Waals surface area contributed by atoms with Crippen LogP contribution in [0.15, 0.2) is 48.7 Å². The van der Waals surface area contributed by atoms with Crippen molar-refractivity contribution in [2.24, 2.45) is 0 Å². The van der Waals surface area contributed by atoms with Gasteiger partial charge in [-0.15, -0.1) is 0 Å². The van der Waals surface area contributed by atoms with Gasteiger partial charge < -0.3 is 15.7 Å². The molecular formula is C17H21N3O2. The molecule has 1 atom stereocenters. The van der Waals surface area contributed by atoms with E-state index in [9.17, 15) is 9.90 Å². The lowest BCUT2D eigenvalue weighted by molar-refractivity contribution is 0.0916. The Hall–Kier alpha value is -2.40. The van der Waals surface area contributed by atoms with Gasteiger partial charge in [0.1, 0.15) is 5.82 Å². The number of aromatic nitrogens is 1. The zero-order valence-electron chi connectivity index (χ0n) is 12.8. The maximum Gasteiger partial charge on any atom is 0.253 e. The molecule has 0 spiro atoms. The Kier molecular flexibility index (Phi) is 5.49. The third kappa shape index (κ3) is 4.30. The second kappa shape index (κ2) is 7.56. The molecule has 0 aliphatic carbocycles. The van der Waals surface area contributed by atoms with Gasteiger partial charge >= 0.3 is 0 Å². The van der Waals surface area contributed by atoms with Crippen molar-refractivity contribution in [3.8, 4) is 0 Å². The molecule has 1 aromatic carbocycles. The summed E-state index contributed by atoms with van der Waals surface area (Å²) in [5.74, 6) is 0.472. The number of aliphatic hydroxyl groups excluding tert-OH is 1. The minimum absolute atomic E-state index is 0.157. The van der Waals surface area contributed by atoms with E-state index in [4.69, 9.17) is 0 Å². The number of hydrogen-bond acceptors (Lipinski definition) is 4. The van der Waals surface area contributed by atoms with Crippen LogP contribution in [-0.4, -0.2) is 28.6 Å². The topological polar surface area (TPSA) is 74.2 Å². The number of aliphatic hydroxyl groups is 1. The summed E-state index contributed by atoms with van der Waals surface area (Å²) in [7, 11) is 0. The second-order valence-electron chi connectivity index (χ2n) is 5.35. The van der Waals surface area contributed by atoms with E-state index in [1.807, 2.05) is 44.2 Å². The van der Waals surface area contributed by atoms with Crippen LogP contribution in [0.5, 0.6) is 0 Å². The lowest BCUT2D eigenvalue weighted by Crippen LogP contribution is -2.30. The average Bonchev–Trinajstić information content (AvgIpc) is 2.53. The Bertz CT molecular complexity index is 597. The first-order valence-electron chi connectivity index (χ1n) is 7.29. The average molecular weight is 299 g/mol. The maximum absolute atomic E-state index is 12.2. The fourth-order valence-electron chi connectivity index (χ4n) is 2.07. The number of carbonyl (C=O) groups excluding carboxylic acids is 1. The molecule has 0 unspecified atom stereocenters. The lowest BCUT2D eigenvalue weighted by Gasteiger charge is -2.17. The van der Waals surface area contributed by atoms with Crippen LogP contribution in [0.4, 0.5) is 5.82 Å². The minimum atomic E-state index is -0.429. The van der Waals surface area contributed by atoms with Crippen molar-refractivity contribution in [2.45, 2.75) is 25.9 Å². The van der Waals surface area contributed by atoms with Crippen LogP contribution in [-0.2, 0) is 0 Å². The highest BCUT2D eigenvalue weighted by Gasteiger charge is 2.15. The maximum atomic E-state index is 12.2. The van der Waals surface area contributed by atoms with Gasteiger partial charge in [-0.05, 0) is 31.5 Å². The smallest absolute Gasteiger partial charge is 0.253 e. The molecule has 2 aromatic rings. The highest BCUT2D eigenvalue weighted by molar-refractivity contribution is 5.94. The van der Waals surface area contributed by atoms with E-state index in [1.54, 1.807) is 12.1 Å². The van der Waals surface area contributed by atoms with E-state index in [1.165, 1.54) is 6.20 Å². The molecule has 0 aliphatic heterocycles. The molecule has 0 saturated heterocycles. The zero-order chi connectivity index (χ0) is 15.9. The number of benzene rings is 1. The van der Waals surface area contributed by atoms with Gasteiger partial charge in [-0.3, -0.25) is 4.79 Å². The largest absolute Gasteiger partial charge is 0.394 e. The third-order valence-corrected chi connectivity index (χ3v) is 3.15. The number of carbonyl (C=O) groups is 1. The molecule has 3 N–H and O–H groups in total. The summed E-state index contributed by atoms with van der Waals surface area (Å²) >= 11 is 0. The van der Waals surface area contributed by atoms with Gasteiger partial charge in [-0.1, -0.05) is 30.3 Å². The molecule has 2 rings (SSSR count). The van der Waals surface area contributed by atoms with Gasteiger partial charge in [0.25, 0.3) is 5.91 Å². The molecule has 0 bridgehead atoms. The first-order chi connectivity index (χ1) is 10.6. The Labute approximate surface area is 130 Å². The first kappa shape index (κ1) is 16.0. The molecule has 0 fully saturated rings. The summed E-state index contributed by atoms with van der Waals surface area (Å²) in [5.41, 5.74) is 1.33.